The normalized spacial score (nSPS) is 17.2. The lowest BCUT2D eigenvalue weighted by atomic mass is 9.86. The summed E-state index contributed by atoms with van der Waals surface area (Å²) in [5.41, 5.74) is 1.89. The molecular weight excluding hydrogens is 390 g/mol. The Bertz CT molecular complexity index is 1140. The minimum Gasteiger partial charge on any atom is -0.497 e. The number of hydrogen-bond acceptors (Lipinski definition) is 4. The summed E-state index contributed by atoms with van der Waals surface area (Å²) in [5.74, 6) is -1.98. The number of likely N-dealkylation sites (tertiary alicyclic amines) is 1. The van der Waals surface area contributed by atoms with Gasteiger partial charge in [-0.1, -0.05) is 61.5 Å². The SMILES string of the molecule is COc1ccc2cc([C@H](C)C(=O)C3C(=O)CN(CCc4ccccc4)C3=O)ccc2c1. The maximum atomic E-state index is 13.1. The van der Waals surface area contributed by atoms with Gasteiger partial charge in [0.2, 0.25) is 5.91 Å². The number of fused-ring (bicyclic) bond motifs is 1. The van der Waals surface area contributed by atoms with Gasteiger partial charge in [0, 0.05) is 12.5 Å². The number of ketones is 2. The van der Waals surface area contributed by atoms with Gasteiger partial charge in [-0.15, -0.1) is 0 Å². The molecule has 1 unspecified atom stereocenters. The van der Waals surface area contributed by atoms with E-state index in [1.165, 1.54) is 4.90 Å². The molecule has 1 saturated heterocycles. The number of carbonyl (C=O) groups excluding carboxylic acids is 3. The molecule has 5 nitrogen and oxygen atoms in total. The van der Waals surface area contributed by atoms with Gasteiger partial charge >= 0.3 is 0 Å². The van der Waals surface area contributed by atoms with Crippen molar-refractivity contribution in [1.29, 1.82) is 0 Å². The largest absolute Gasteiger partial charge is 0.497 e. The second-order valence-electron chi connectivity index (χ2n) is 7.99. The highest BCUT2D eigenvalue weighted by Gasteiger charge is 2.45. The van der Waals surface area contributed by atoms with Crippen molar-refractivity contribution < 1.29 is 19.1 Å². The second-order valence-corrected chi connectivity index (χ2v) is 7.99. The van der Waals surface area contributed by atoms with Crippen LogP contribution < -0.4 is 4.74 Å². The Morgan fingerprint density at radius 2 is 1.74 bits per heavy atom. The molecule has 4 rings (SSSR count). The van der Waals surface area contributed by atoms with E-state index in [1.54, 1.807) is 14.0 Å². The van der Waals surface area contributed by atoms with Gasteiger partial charge in [-0.2, -0.15) is 0 Å². The molecule has 0 radical (unpaired) electrons. The van der Waals surface area contributed by atoms with E-state index in [2.05, 4.69) is 0 Å². The predicted octanol–water partition coefficient (Wildman–Crippen LogP) is 3.79. The summed E-state index contributed by atoms with van der Waals surface area (Å²) in [5, 5.41) is 1.98. The van der Waals surface area contributed by atoms with Crippen LogP contribution in [0, 0.1) is 5.92 Å². The number of benzene rings is 3. The Balaban J connectivity index is 1.48. The molecule has 0 aliphatic carbocycles. The van der Waals surface area contributed by atoms with Gasteiger partial charge in [-0.3, -0.25) is 14.4 Å². The molecule has 0 N–H and O–H groups in total. The van der Waals surface area contributed by atoms with Gasteiger partial charge in [0.25, 0.3) is 0 Å². The molecule has 1 amide bonds. The first-order valence-corrected chi connectivity index (χ1v) is 10.4. The third-order valence-corrected chi connectivity index (χ3v) is 6.02. The fourth-order valence-corrected chi connectivity index (χ4v) is 4.11. The standard InChI is InChI=1S/C26H25NO4/c1-17(19-8-9-21-15-22(31-2)11-10-20(21)14-19)25(29)24-23(28)16-27(26(24)30)13-12-18-6-4-3-5-7-18/h3-11,14-15,17,24H,12-13,16H2,1-2H3/t17-,24?/m0/s1. The van der Waals surface area contributed by atoms with Crippen LogP contribution in [0.15, 0.2) is 66.7 Å². The number of methoxy groups -OCH3 is 1. The van der Waals surface area contributed by atoms with Gasteiger partial charge in [-0.25, -0.2) is 0 Å². The van der Waals surface area contributed by atoms with Gasteiger partial charge in [0.15, 0.2) is 17.5 Å². The molecule has 1 aliphatic heterocycles. The lowest BCUT2D eigenvalue weighted by molar-refractivity contribution is -0.139. The van der Waals surface area contributed by atoms with E-state index in [-0.39, 0.29) is 24.0 Å². The van der Waals surface area contributed by atoms with Crippen molar-refractivity contribution in [1.82, 2.24) is 4.90 Å². The fourth-order valence-electron chi connectivity index (χ4n) is 4.11. The topological polar surface area (TPSA) is 63.7 Å². The second kappa shape index (κ2) is 8.72. The lowest BCUT2D eigenvalue weighted by Crippen LogP contribution is -2.34. The van der Waals surface area contributed by atoms with E-state index in [4.69, 9.17) is 4.74 Å². The smallest absolute Gasteiger partial charge is 0.241 e. The van der Waals surface area contributed by atoms with Gasteiger partial charge < -0.3 is 9.64 Å². The van der Waals surface area contributed by atoms with Crippen molar-refractivity contribution in [3.8, 4) is 5.75 Å². The summed E-state index contributed by atoms with van der Waals surface area (Å²) >= 11 is 0. The van der Waals surface area contributed by atoms with E-state index in [9.17, 15) is 14.4 Å². The van der Waals surface area contributed by atoms with Crippen molar-refractivity contribution in [3.05, 3.63) is 77.9 Å². The van der Waals surface area contributed by atoms with Crippen molar-refractivity contribution >= 4 is 28.2 Å². The number of ether oxygens (including phenoxy) is 1. The van der Waals surface area contributed by atoms with Crippen LogP contribution in [0.1, 0.15) is 24.0 Å². The molecule has 1 fully saturated rings. The Hall–Kier alpha value is -3.47. The van der Waals surface area contributed by atoms with Crippen LogP contribution >= 0.6 is 0 Å². The van der Waals surface area contributed by atoms with E-state index in [0.29, 0.717) is 13.0 Å². The molecule has 3 aromatic rings. The Morgan fingerprint density at radius 1 is 1.03 bits per heavy atom. The van der Waals surface area contributed by atoms with Crippen molar-refractivity contribution in [2.24, 2.45) is 5.92 Å². The Morgan fingerprint density at radius 3 is 2.48 bits per heavy atom. The minimum absolute atomic E-state index is 0.00626. The Labute approximate surface area is 181 Å². The van der Waals surface area contributed by atoms with Crippen molar-refractivity contribution in [3.63, 3.8) is 0 Å². The summed E-state index contributed by atoms with van der Waals surface area (Å²) < 4.78 is 5.25. The number of nitrogens with zero attached hydrogens (tertiary/aromatic N) is 1. The maximum absolute atomic E-state index is 13.1. The molecule has 3 aromatic carbocycles. The lowest BCUT2D eigenvalue weighted by Gasteiger charge is -2.17. The van der Waals surface area contributed by atoms with Gasteiger partial charge in [-0.05, 0) is 40.5 Å². The molecule has 0 aromatic heterocycles. The number of carbonyl (C=O) groups is 3. The quantitative estimate of drug-likeness (QED) is 0.551. The highest BCUT2D eigenvalue weighted by atomic mass is 16.5. The summed E-state index contributed by atoms with van der Waals surface area (Å²) in [4.78, 5) is 40.1. The number of Topliss-reactive ketones (excluding diaryl/α,β-unsaturated/α-hetero) is 2. The zero-order valence-corrected chi connectivity index (χ0v) is 17.7. The molecule has 1 aliphatic rings. The van der Waals surface area contributed by atoms with Crippen molar-refractivity contribution in [2.75, 3.05) is 20.2 Å². The summed E-state index contributed by atoms with van der Waals surface area (Å²) in [6.45, 7) is 2.21. The first-order valence-electron chi connectivity index (χ1n) is 10.4. The van der Waals surface area contributed by atoms with Crippen LogP contribution in [0.2, 0.25) is 0 Å². The summed E-state index contributed by atoms with van der Waals surface area (Å²) in [6, 6.07) is 21.3. The molecule has 0 bridgehead atoms. The van der Waals surface area contributed by atoms with Crippen LogP contribution in [-0.2, 0) is 20.8 Å². The highest BCUT2D eigenvalue weighted by Crippen LogP contribution is 2.29. The third-order valence-electron chi connectivity index (χ3n) is 6.02. The zero-order chi connectivity index (χ0) is 22.0. The minimum atomic E-state index is -1.20. The maximum Gasteiger partial charge on any atom is 0.241 e. The average molecular weight is 415 g/mol. The highest BCUT2D eigenvalue weighted by molar-refractivity contribution is 6.24. The summed E-state index contributed by atoms with van der Waals surface area (Å²) in [7, 11) is 1.62. The van der Waals surface area contributed by atoms with E-state index < -0.39 is 11.8 Å². The van der Waals surface area contributed by atoms with E-state index in [1.807, 2.05) is 66.7 Å². The molecule has 5 heteroatoms. The molecule has 1 heterocycles. The zero-order valence-electron chi connectivity index (χ0n) is 17.7. The molecule has 2 atom stereocenters. The van der Waals surface area contributed by atoms with Crippen LogP contribution in [-0.4, -0.2) is 42.6 Å². The first-order chi connectivity index (χ1) is 15.0. The monoisotopic (exact) mass is 415 g/mol. The average Bonchev–Trinajstić information content (AvgIpc) is 3.09. The first kappa shape index (κ1) is 20.8. The molecular formula is C26H25NO4. The van der Waals surface area contributed by atoms with Crippen LogP contribution in [0.25, 0.3) is 10.8 Å². The van der Waals surface area contributed by atoms with E-state index in [0.717, 1.165) is 27.6 Å². The van der Waals surface area contributed by atoms with Crippen LogP contribution in [0.3, 0.4) is 0 Å². The van der Waals surface area contributed by atoms with Crippen LogP contribution in [0.4, 0.5) is 0 Å². The molecule has 0 spiro atoms. The number of rotatable bonds is 7. The van der Waals surface area contributed by atoms with Gasteiger partial charge in [0.1, 0.15) is 5.75 Å². The Kier molecular flexibility index (Phi) is 5.85. The van der Waals surface area contributed by atoms with Crippen molar-refractivity contribution in [2.45, 2.75) is 19.3 Å². The predicted molar refractivity (Wildman–Crippen MR) is 119 cm³/mol. The number of amides is 1. The van der Waals surface area contributed by atoms with Gasteiger partial charge in [0.05, 0.1) is 13.7 Å². The van der Waals surface area contributed by atoms with Crippen LogP contribution in [0.5, 0.6) is 5.75 Å². The molecule has 31 heavy (non-hydrogen) atoms. The summed E-state index contributed by atoms with van der Waals surface area (Å²) in [6.07, 6.45) is 0.657. The third kappa shape index (κ3) is 4.22. The molecule has 158 valence electrons. The molecule has 0 saturated carbocycles. The fraction of sp³-hybridized carbons (Fsp3) is 0.269. The van der Waals surface area contributed by atoms with E-state index >= 15 is 0 Å². The number of hydrogen-bond donors (Lipinski definition) is 0.